The Morgan fingerprint density at radius 2 is 0.646 bits per heavy atom. The van der Waals surface area contributed by atoms with Crippen molar-refractivity contribution in [3.8, 4) is 0 Å². The molecule has 0 aliphatic carbocycles. The van der Waals surface area contributed by atoms with E-state index in [1.807, 2.05) is 6.08 Å². The number of aliphatic hydroxyl groups excluding tert-OH is 11. The predicted octanol–water partition coefficient (Wildman–Crippen LogP) is 13.5. The highest BCUT2D eigenvalue weighted by Gasteiger charge is 2.54. The third-order valence-electron chi connectivity index (χ3n) is 20.4. The molecule has 3 saturated heterocycles. The van der Waals surface area contributed by atoms with Crippen molar-refractivity contribution in [2.45, 2.75) is 439 Å². The molecule has 0 radical (unpaired) electrons. The largest absolute Gasteiger partial charge is 0.394 e. The second-order valence-corrected chi connectivity index (χ2v) is 29.2. The van der Waals surface area contributed by atoms with Gasteiger partial charge in [-0.1, -0.05) is 320 Å². The molecule has 3 fully saturated rings. The monoisotopic (exact) mass is 1410 g/mol. The summed E-state index contributed by atoms with van der Waals surface area (Å²) in [4.78, 5) is 13.5. The van der Waals surface area contributed by atoms with Crippen LogP contribution in [0.5, 0.6) is 0 Å². The van der Waals surface area contributed by atoms with Crippen molar-refractivity contribution in [1.29, 1.82) is 0 Å². The zero-order chi connectivity index (χ0) is 71.8. The highest BCUT2D eigenvalue weighted by molar-refractivity contribution is 5.76. The Kier molecular flexibility index (Phi) is 56.4. The smallest absolute Gasteiger partial charge is 0.220 e. The first kappa shape index (κ1) is 91.2. The first-order valence-corrected chi connectivity index (χ1v) is 40.7. The van der Waals surface area contributed by atoms with Crippen molar-refractivity contribution in [2.24, 2.45) is 0 Å². The van der Waals surface area contributed by atoms with Gasteiger partial charge in [0.2, 0.25) is 5.91 Å². The second-order valence-electron chi connectivity index (χ2n) is 29.2. The van der Waals surface area contributed by atoms with Gasteiger partial charge in [0, 0.05) is 6.42 Å². The van der Waals surface area contributed by atoms with E-state index >= 15 is 0 Å². The maximum atomic E-state index is 13.5. The molecule has 19 nitrogen and oxygen atoms in total. The molecule has 1 amide bonds. The number of amides is 1. The van der Waals surface area contributed by atoms with Gasteiger partial charge in [-0.25, -0.2) is 0 Å². The van der Waals surface area contributed by atoms with E-state index in [2.05, 4.69) is 43.5 Å². The van der Waals surface area contributed by atoms with Crippen molar-refractivity contribution in [3.63, 3.8) is 0 Å². The molecule has 3 heterocycles. The van der Waals surface area contributed by atoms with Crippen LogP contribution in [-0.4, -0.2) is 193 Å². The number of allylic oxidation sites excluding steroid dienone is 5. The molecule has 99 heavy (non-hydrogen) atoms. The lowest BCUT2D eigenvalue weighted by Crippen LogP contribution is -2.66. The van der Waals surface area contributed by atoms with Gasteiger partial charge in [0.15, 0.2) is 18.9 Å². The number of carbonyl (C=O) groups is 1. The van der Waals surface area contributed by atoms with Crippen molar-refractivity contribution >= 4 is 5.91 Å². The lowest BCUT2D eigenvalue weighted by Gasteiger charge is -2.48. The number of carbonyl (C=O) groups excluding carboxylic acids is 1. The van der Waals surface area contributed by atoms with Gasteiger partial charge < -0.3 is 89.9 Å². The topological polar surface area (TPSA) is 307 Å². The lowest BCUT2D eigenvalue weighted by atomic mass is 9.96. The van der Waals surface area contributed by atoms with E-state index in [9.17, 15) is 61.0 Å². The number of rotatable bonds is 65. The first-order chi connectivity index (χ1) is 48.3. The van der Waals surface area contributed by atoms with Crippen LogP contribution in [0, 0.1) is 0 Å². The molecule has 19 heteroatoms. The summed E-state index contributed by atoms with van der Waals surface area (Å²) in [5.74, 6) is -0.282. The van der Waals surface area contributed by atoms with Gasteiger partial charge in [-0.3, -0.25) is 4.79 Å². The Labute approximate surface area is 600 Å². The summed E-state index contributed by atoms with van der Waals surface area (Å²) < 4.78 is 34.4. The fraction of sp³-hybridized carbons (Fsp3) is 0.912. The van der Waals surface area contributed by atoms with E-state index in [1.54, 1.807) is 6.08 Å². The van der Waals surface area contributed by atoms with Gasteiger partial charge in [0.05, 0.1) is 38.6 Å². The van der Waals surface area contributed by atoms with E-state index in [4.69, 9.17) is 28.4 Å². The highest BCUT2D eigenvalue weighted by Crippen LogP contribution is 2.33. The number of hydrogen-bond donors (Lipinski definition) is 12. The Morgan fingerprint density at radius 1 is 0.354 bits per heavy atom. The number of unbranched alkanes of at least 4 members (excludes halogenated alkanes) is 45. The van der Waals surface area contributed by atoms with Crippen molar-refractivity contribution in [2.75, 3.05) is 26.4 Å². The zero-order valence-electron chi connectivity index (χ0n) is 62.2. The number of hydrogen-bond acceptors (Lipinski definition) is 18. The Morgan fingerprint density at radius 3 is 1.01 bits per heavy atom. The van der Waals surface area contributed by atoms with Crippen LogP contribution in [0.25, 0.3) is 0 Å². The summed E-state index contributed by atoms with van der Waals surface area (Å²) in [6.45, 7) is 1.77. The molecule has 0 aromatic rings. The lowest BCUT2D eigenvalue weighted by molar-refractivity contribution is -0.379. The predicted molar refractivity (Wildman–Crippen MR) is 393 cm³/mol. The van der Waals surface area contributed by atoms with Gasteiger partial charge in [0.25, 0.3) is 0 Å². The van der Waals surface area contributed by atoms with E-state index in [-0.39, 0.29) is 18.9 Å². The van der Waals surface area contributed by atoms with Gasteiger partial charge in [0.1, 0.15) is 73.2 Å². The minimum Gasteiger partial charge on any atom is -0.394 e. The maximum absolute atomic E-state index is 13.5. The fourth-order valence-electron chi connectivity index (χ4n) is 13.9. The van der Waals surface area contributed by atoms with Crippen LogP contribution in [0.3, 0.4) is 0 Å². The number of nitrogens with one attached hydrogen (secondary N) is 1. The number of ether oxygens (including phenoxy) is 6. The van der Waals surface area contributed by atoms with Crippen LogP contribution < -0.4 is 5.32 Å². The average molecular weight is 1410 g/mol. The van der Waals surface area contributed by atoms with Gasteiger partial charge in [-0.05, 0) is 44.9 Å². The molecular weight excluding hydrogens is 1260 g/mol. The second kappa shape index (κ2) is 61.2. The van der Waals surface area contributed by atoms with Crippen LogP contribution in [0.2, 0.25) is 0 Å². The molecule has 3 rings (SSSR count). The van der Waals surface area contributed by atoms with Crippen molar-refractivity contribution in [1.82, 2.24) is 5.32 Å². The van der Waals surface area contributed by atoms with E-state index in [0.29, 0.717) is 12.8 Å². The molecule has 3 aliphatic rings. The molecule has 0 bridgehead atoms. The Balaban J connectivity index is 1.39. The molecule has 17 atom stereocenters. The minimum atomic E-state index is -1.98. The summed E-state index contributed by atoms with van der Waals surface area (Å²) in [5, 5.41) is 121. The maximum Gasteiger partial charge on any atom is 0.220 e. The third-order valence-corrected chi connectivity index (χ3v) is 20.4. The van der Waals surface area contributed by atoms with E-state index in [0.717, 1.165) is 44.9 Å². The van der Waals surface area contributed by atoms with E-state index in [1.165, 1.54) is 257 Å². The van der Waals surface area contributed by atoms with Crippen LogP contribution in [0.1, 0.15) is 335 Å². The summed E-state index contributed by atoms with van der Waals surface area (Å²) in [7, 11) is 0. The molecule has 582 valence electrons. The van der Waals surface area contributed by atoms with Crippen LogP contribution in [0.4, 0.5) is 0 Å². The summed E-state index contributed by atoms with van der Waals surface area (Å²) >= 11 is 0. The molecule has 3 aliphatic heterocycles. The van der Waals surface area contributed by atoms with Crippen molar-refractivity contribution < 1.29 is 89.4 Å². The van der Waals surface area contributed by atoms with Gasteiger partial charge >= 0.3 is 0 Å². The molecule has 0 aromatic heterocycles. The van der Waals surface area contributed by atoms with Crippen LogP contribution in [-0.2, 0) is 33.2 Å². The summed E-state index contributed by atoms with van der Waals surface area (Å²) in [5.41, 5.74) is 0. The molecule has 12 N–H and O–H groups in total. The van der Waals surface area contributed by atoms with Gasteiger partial charge in [-0.15, -0.1) is 0 Å². The Bertz CT molecular complexity index is 1930. The molecular formula is C80H149NO18. The molecule has 17 unspecified atom stereocenters. The molecule has 0 spiro atoms. The highest BCUT2D eigenvalue weighted by atomic mass is 16.8. The normalized spacial score (nSPS) is 26.7. The molecule has 0 saturated carbocycles. The average Bonchev–Trinajstić information content (AvgIpc) is 0.781. The number of aliphatic hydroxyl groups is 11. The minimum absolute atomic E-state index is 0.236. The zero-order valence-corrected chi connectivity index (χ0v) is 62.2. The standard InChI is InChI=1S/C80H149NO18/c1-3-5-7-9-11-13-15-17-19-21-23-25-27-29-31-33-35-37-39-41-43-45-47-49-51-53-55-57-64(85)63(81-68(86)58-56-54-52-50-48-46-44-42-40-38-36-34-32-30-28-26-24-22-20-18-16-14-12-10-8-6-4-2)62-94-78-74(92)71(89)76(66(60-83)96-78)99-80-75(93)72(90)77(67(61-84)97-80)98-79-73(91)70(88)69(87)65(59-82)95-79/h39,41,47,49,55,57,63-67,69-80,82-85,87-93H,3-38,40,42-46,48,50-54,56,58-62H2,1-2H3,(H,81,86)/b41-39+,49-47+,57-55+. The summed E-state index contributed by atoms with van der Waals surface area (Å²) in [6.07, 6.45) is 48.6. The van der Waals surface area contributed by atoms with Crippen molar-refractivity contribution in [3.05, 3.63) is 36.5 Å². The van der Waals surface area contributed by atoms with Gasteiger partial charge in [-0.2, -0.15) is 0 Å². The fourth-order valence-corrected chi connectivity index (χ4v) is 13.9. The first-order valence-electron chi connectivity index (χ1n) is 40.7. The third kappa shape index (κ3) is 41.5. The Hall–Kier alpha value is -1.99. The van der Waals surface area contributed by atoms with Crippen LogP contribution >= 0.6 is 0 Å². The van der Waals surface area contributed by atoms with Crippen LogP contribution in [0.15, 0.2) is 36.5 Å². The quantitative estimate of drug-likeness (QED) is 0.0199. The summed E-state index contributed by atoms with van der Waals surface area (Å²) in [6, 6.07) is -0.996. The SMILES string of the molecule is CCCCCCCCCCCCCCCCCCC/C=C/CC/C=C/CC/C=C/C(O)C(COC1OC(CO)C(OC2OC(CO)C(OC3OC(CO)C(O)C(O)C3O)C(O)C2O)C(O)C1O)NC(=O)CCCCCCCCCCCCCCCCCCCCCCCCCCCCC. The van der Waals surface area contributed by atoms with E-state index < -0.39 is 124 Å². The molecule has 0 aromatic carbocycles.